The van der Waals surface area contributed by atoms with E-state index in [0.29, 0.717) is 0 Å². The van der Waals surface area contributed by atoms with Crippen LogP contribution in [-0.2, 0) is 19.1 Å². The van der Waals surface area contributed by atoms with Crippen molar-refractivity contribution in [1.29, 1.82) is 5.26 Å². The summed E-state index contributed by atoms with van der Waals surface area (Å²) in [6, 6.07) is 1.72. The number of carbonyl (C=O) groups excluding carboxylic acids is 2. The van der Waals surface area contributed by atoms with Crippen LogP contribution in [0.4, 0.5) is 0 Å². The Kier molecular flexibility index (Phi) is 5.47. The molecule has 5 nitrogen and oxygen atoms in total. The summed E-state index contributed by atoms with van der Waals surface area (Å²) in [4.78, 5) is 21.5. The smallest absolute Gasteiger partial charge is 0.374 e. The molecule has 0 aliphatic heterocycles. The number of hydrogen-bond acceptors (Lipinski definition) is 5. The molecule has 0 aliphatic carbocycles. The number of rotatable bonds is 3. The fraction of sp³-hybridized carbons (Fsp3) is 0.222. The highest BCUT2D eigenvalue weighted by Gasteiger charge is 2.11. The lowest BCUT2D eigenvalue weighted by Gasteiger charge is -2.02. The van der Waals surface area contributed by atoms with Gasteiger partial charge in [-0.15, -0.1) is 0 Å². The summed E-state index contributed by atoms with van der Waals surface area (Å²) in [5.41, 5.74) is 0. The molecule has 0 aromatic heterocycles. The Morgan fingerprint density at radius 1 is 1.43 bits per heavy atom. The standard InChI is InChI=1S/C9H9NO4/c1-7(11)14-8(9(12)13-2)5-3-4-6-10/h3-5H,1-2H3/b4-3-,8-5-. The van der Waals surface area contributed by atoms with Gasteiger partial charge in [-0.2, -0.15) is 5.26 Å². The average Bonchev–Trinajstić information content (AvgIpc) is 2.15. The van der Waals surface area contributed by atoms with Gasteiger partial charge in [0.25, 0.3) is 0 Å². The van der Waals surface area contributed by atoms with Gasteiger partial charge in [0.2, 0.25) is 5.76 Å². The largest absolute Gasteiger partial charge is 0.463 e. The van der Waals surface area contributed by atoms with Crippen molar-refractivity contribution in [3.8, 4) is 6.07 Å². The van der Waals surface area contributed by atoms with Crippen LogP contribution < -0.4 is 0 Å². The van der Waals surface area contributed by atoms with Crippen LogP contribution in [0.3, 0.4) is 0 Å². The van der Waals surface area contributed by atoms with Crippen molar-refractivity contribution in [3.05, 3.63) is 24.0 Å². The van der Waals surface area contributed by atoms with Crippen LogP contribution in [0, 0.1) is 11.3 Å². The lowest BCUT2D eigenvalue weighted by Crippen LogP contribution is -2.10. The van der Waals surface area contributed by atoms with Crippen molar-refractivity contribution < 1.29 is 19.1 Å². The van der Waals surface area contributed by atoms with Gasteiger partial charge in [0.05, 0.1) is 13.2 Å². The van der Waals surface area contributed by atoms with Gasteiger partial charge in [-0.1, -0.05) is 0 Å². The van der Waals surface area contributed by atoms with Gasteiger partial charge in [0.15, 0.2) is 0 Å². The maximum absolute atomic E-state index is 11.0. The number of esters is 2. The molecule has 0 aromatic carbocycles. The third kappa shape index (κ3) is 4.72. The van der Waals surface area contributed by atoms with Crippen molar-refractivity contribution in [2.45, 2.75) is 6.92 Å². The zero-order valence-electron chi connectivity index (χ0n) is 7.81. The molecule has 0 atom stereocenters. The fourth-order valence-corrected chi connectivity index (χ4v) is 0.578. The molecule has 0 bridgehead atoms. The first-order valence-corrected chi connectivity index (χ1v) is 3.65. The van der Waals surface area contributed by atoms with E-state index in [9.17, 15) is 9.59 Å². The molecule has 0 saturated heterocycles. The minimum atomic E-state index is -0.775. The molecule has 0 unspecified atom stereocenters. The van der Waals surface area contributed by atoms with E-state index in [-0.39, 0.29) is 5.76 Å². The van der Waals surface area contributed by atoms with Crippen LogP contribution in [0.2, 0.25) is 0 Å². The van der Waals surface area contributed by atoms with Gasteiger partial charge in [0, 0.05) is 13.0 Å². The zero-order valence-corrected chi connectivity index (χ0v) is 7.81. The topological polar surface area (TPSA) is 76.4 Å². The lowest BCUT2D eigenvalue weighted by atomic mass is 10.4. The van der Waals surface area contributed by atoms with Gasteiger partial charge in [-0.05, 0) is 12.2 Å². The van der Waals surface area contributed by atoms with Crippen molar-refractivity contribution in [2.75, 3.05) is 7.11 Å². The van der Waals surface area contributed by atoms with Gasteiger partial charge >= 0.3 is 11.9 Å². The predicted molar refractivity (Wildman–Crippen MR) is 46.6 cm³/mol. The molecule has 0 N–H and O–H groups in total. The second-order valence-electron chi connectivity index (χ2n) is 2.10. The van der Waals surface area contributed by atoms with Crippen molar-refractivity contribution in [3.63, 3.8) is 0 Å². The number of hydrogen-bond donors (Lipinski definition) is 0. The van der Waals surface area contributed by atoms with Crippen molar-refractivity contribution in [2.24, 2.45) is 0 Å². The highest BCUT2D eigenvalue weighted by Crippen LogP contribution is 2.01. The van der Waals surface area contributed by atoms with E-state index < -0.39 is 11.9 Å². The van der Waals surface area contributed by atoms with E-state index in [4.69, 9.17) is 5.26 Å². The summed E-state index contributed by atoms with van der Waals surface area (Å²) in [6.07, 6.45) is 3.58. The first kappa shape index (κ1) is 11.9. The van der Waals surface area contributed by atoms with Gasteiger partial charge in [-0.25, -0.2) is 4.79 Å². The molecule has 74 valence electrons. The molecular formula is C9H9NO4. The van der Waals surface area contributed by atoms with Crippen LogP contribution in [-0.4, -0.2) is 19.0 Å². The van der Waals surface area contributed by atoms with E-state index in [2.05, 4.69) is 9.47 Å². The summed E-state index contributed by atoms with van der Waals surface area (Å²) < 4.78 is 8.88. The van der Waals surface area contributed by atoms with Crippen LogP contribution >= 0.6 is 0 Å². The fourth-order valence-electron chi connectivity index (χ4n) is 0.578. The monoisotopic (exact) mass is 195 g/mol. The maximum atomic E-state index is 11.0. The molecule has 5 heteroatoms. The zero-order chi connectivity index (χ0) is 11.0. The Balaban J connectivity index is 4.64. The first-order chi connectivity index (χ1) is 6.61. The first-order valence-electron chi connectivity index (χ1n) is 3.65. The normalized spacial score (nSPS) is 10.8. The van der Waals surface area contributed by atoms with Crippen LogP contribution in [0.5, 0.6) is 0 Å². The molecule has 0 aliphatic rings. The lowest BCUT2D eigenvalue weighted by molar-refractivity contribution is -0.148. The number of nitrogens with zero attached hydrogens (tertiary/aromatic N) is 1. The molecule has 0 aromatic rings. The second-order valence-corrected chi connectivity index (χ2v) is 2.10. The van der Waals surface area contributed by atoms with E-state index in [1.807, 2.05) is 0 Å². The van der Waals surface area contributed by atoms with E-state index in [0.717, 1.165) is 20.1 Å². The third-order valence-corrected chi connectivity index (χ3v) is 1.06. The Morgan fingerprint density at radius 2 is 2.07 bits per heavy atom. The number of methoxy groups -OCH3 is 1. The summed E-state index contributed by atoms with van der Waals surface area (Å²) >= 11 is 0. The van der Waals surface area contributed by atoms with Gasteiger partial charge in [0.1, 0.15) is 0 Å². The van der Waals surface area contributed by atoms with Crippen LogP contribution in [0.25, 0.3) is 0 Å². The van der Waals surface area contributed by atoms with Crippen LogP contribution in [0.1, 0.15) is 6.92 Å². The Morgan fingerprint density at radius 3 is 2.50 bits per heavy atom. The highest BCUT2D eigenvalue weighted by atomic mass is 16.6. The Hall–Kier alpha value is -2.09. The molecule has 14 heavy (non-hydrogen) atoms. The average molecular weight is 195 g/mol. The Labute approximate surface area is 81.2 Å². The van der Waals surface area contributed by atoms with Gasteiger partial charge in [-0.3, -0.25) is 4.79 Å². The third-order valence-electron chi connectivity index (χ3n) is 1.06. The molecule has 0 rings (SSSR count). The quantitative estimate of drug-likeness (QED) is 0.217. The molecule has 0 heterocycles. The second kappa shape index (κ2) is 6.43. The number of allylic oxidation sites excluding steroid dienone is 3. The predicted octanol–water partition coefficient (Wildman–Crippen LogP) is 0.686. The molecular weight excluding hydrogens is 186 g/mol. The minimum Gasteiger partial charge on any atom is -0.463 e. The van der Waals surface area contributed by atoms with E-state index in [1.165, 1.54) is 12.2 Å². The number of ether oxygens (including phenoxy) is 2. The van der Waals surface area contributed by atoms with Crippen molar-refractivity contribution >= 4 is 11.9 Å². The molecule has 0 saturated carbocycles. The SMILES string of the molecule is COC(=O)/C(=C/C=C\C#N)OC(C)=O. The summed E-state index contributed by atoms with van der Waals surface area (Å²) in [6.45, 7) is 1.16. The molecule has 0 amide bonds. The van der Waals surface area contributed by atoms with E-state index in [1.54, 1.807) is 6.07 Å². The maximum Gasteiger partial charge on any atom is 0.374 e. The summed E-state index contributed by atoms with van der Waals surface area (Å²) in [5.74, 6) is -1.67. The van der Waals surface area contributed by atoms with E-state index >= 15 is 0 Å². The molecule has 0 fully saturated rings. The van der Waals surface area contributed by atoms with Gasteiger partial charge < -0.3 is 9.47 Å². The molecule has 0 spiro atoms. The van der Waals surface area contributed by atoms with Crippen LogP contribution in [0.15, 0.2) is 24.0 Å². The molecule has 0 radical (unpaired) electrons. The number of carbonyl (C=O) groups is 2. The highest BCUT2D eigenvalue weighted by molar-refractivity contribution is 5.89. The van der Waals surface area contributed by atoms with Crippen molar-refractivity contribution in [1.82, 2.24) is 0 Å². The Bertz CT molecular complexity index is 322. The summed E-state index contributed by atoms with van der Waals surface area (Å²) in [5, 5.41) is 8.17. The summed E-state index contributed by atoms with van der Waals surface area (Å²) in [7, 11) is 1.16. The minimum absolute atomic E-state index is 0.258. The number of nitriles is 1.